The van der Waals surface area contributed by atoms with Crippen molar-refractivity contribution in [1.29, 1.82) is 0 Å². The minimum Gasteiger partial charge on any atom is -0.324 e. The third kappa shape index (κ3) is 3.22. The molecule has 0 aliphatic rings. The van der Waals surface area contributed by atoms with Gasteiger partial charge in [0.1, 0.15) is 6.20 Å². The van der Waals surface area contributed by atoms with Crippen LogP contribution in [0.2, 0.25) is 0 Å². The van der Waals surface area contributed by atoms with Crippen LogP contribution in [0.3, 0.4) is 0 Å². The highest BCUT2D eigenvalue weighted by Crippen LogP contribution is 2.36. The largest absolute Gasteiger partial charge is 0.324 e. The van der Waals surface area contributed by atoms with E-state index in [9.17, 15) is 10.1 Å². The molecule has 0 fully saturated rings. The normalized spacial score (nSPS) is 13.0. The first-order chi connectivity index (χ1) is 11.8. The van der Waals surface area contributed by atoms with Gasteiger partial charge in [-0.1, -0.05) is 42.5 Å². The lowest BCUT2D eigenvalue weighted by molar-refractivity contribution is -0.386. The second-order valence-corrected chi connectivity index (χ2v) is 6.71. The smallest absolute Gasteiger partial charge is 0.293 e. The van der Waals surface area contributed by atoms with Crippen LogP contribution in [0.1, 0.15) is 25.5 Å². The molecule has 0 spiro atoms. The van der Waals surface area contributed by atoms with Crippen molar-refractivity contribution in [3.63, 3.8) is 0 Å². The molecule has 2 aromatic carbocycles. The summed E-state index contributed by atoms with van der Waals surface area (Å²) in [6, 6.07) is 14.8. The topological polar surface area (TPSA) is 108 Å². The lowest BCUT2D eigenvalue weighted by atomic mass is 9.87. The summed E-state index contributed by atoms with van der Waals surface area (Å²) in [6.45, 7) is 3.51. The minimum atomic E-state index is -0.808. The van der Waals surface area contributed by atoms with E-state index in [2.05, 4.69) is 4.98 Å². The molecule has 1 aromatic heterocycles. The number of hydrogen-bond acceptors (Lipinski definition) is 5. The highest BCUT2D eigenvalue weighted by atomic mass is 16.6. The quantitative estimate of drug-likeness (QED) is 0.559. The van der Waals surface area contributed by atoms with Gasteiger partial charge in [-0.3, -0.25) is 10.1 Å². The Kier molecular flexibility index (Phi) is 4.24. The van der Waals surface area contributed by atoms with Crippen LogP contribution in [0, 0.1) is 10.1 Å². The second-order valence-electron chi connectivity index (χ2n) is 6.71. The second kappa shape index (κ2) is 6.23. The van der Waals surface area contributed by atoms with Crippen molar-refractivity contribution in [3.05, 3.63) is 70.4 Å². The van der Waals surface area contributed by atoms with Gasteiger partial charge in [0, 0.05) is 10.9 Å². The minimum absolute atomic E-state index is 0.106. The Morgan fingerprint density at radius 2 is 1.80 bits per heavy atom. The van der Waals surface area contributed by atoms with Gasteiger partial charge in [0.05, 0.1) is 22.0 Å². The predicted octanol–water partition coefficient (Wildman–Crippen LogP) is 3.55. The van der Waals surface area contributed by atoms with Crippen LogP contribution in [0.5, 0.6) is 0 Å². The molecule has 128 valence electrons. The lowest BCUT2D eigenvalue weighted by Crippen LogP contribution is -2.44. The van der Waals surface area contributed by atoms with Crippen molar-refractivity contribution in [2.24, 2.45) is 11.5 Å². The molecule has 3 rings (SSSR count). The SMILES string of the molecule is CC(C)(N)C(N)c1c([N+](=O)[O-])cnc2cc(-c3ccccc3)ccc12. The molecule has 0 amide bonds. The molecule has 3 aromatic rings. The van der Waals surface area contributed by atoms with Gasteiger partial charge in [-0.05, 0) is 31.0 Å². The molecule has 0 saturated heterocycles. The number of fused-ring (bicyclic) bond motifs is 1. The summed E-state index contributed by atoms with van der Waals surface area (Å²) in [5, 5.41) is 12.1. The summed E-state index contributed by atoms with van der Waals surface area (Å²) in [5.41, 5.74) is 14.6. The van der Waals surface area contributed by atoms with Gasteiger partial charge in [-0.15, -0.1) is 0 Å². The molecular weight excluding hydrogens is 316 g/mol. The summed E-state index contributed by atoms with van der Waals surface area (Å²) in [6.07, 6.45) is 1.26. The lowest BCUT2D eigenvalue weighted by Gasteiger charge is -2.27. The zero-order valence-corrected chi connectivity index (χ0v) is 14.1. The van der Waals surface area contributed by atoms with Gasteiger partial charge in [0.2, 0.25) is 0 Å². The van der Waals surface area contributed by atoms with Crippen molar-refractivity contribution in [2.75, 3.05) is 0 Å². The predicted molar refractivity (Wildman–Crippen MR) is 99.0 cm³/mol. The van der Waals surface area contributed by atoms with Gasteiger partial charge >= 0.3 is 0 Å². The number of nitro groups is 1. The Hall–Kier alpha value is -2.83. The highest BCUT2D eigenvalue weighted by molar-refractivity contribution is 5.89. The Balaban J connectivity index is 2.25. The maximum Gasteiger partial charge on any atom is 0.293 e. The van der Waals surface area contributed by atoms with Crippen molar-refractivity contribution < 1.29 is 4.92 Å². The molecule has 25 heavy (non-hydrogen) atoms. The highest BCUT2D eigenvalue weighted by Gasteiger charge is 2.31. The first-order valence-electron chi connectivity index (χ1n) is 7.96. The molecule has 0 aliphatic heterocycles. The van der Waals surface area contributed by atoms with Crippen molar-refractivity contribution in [2.45, 2.75) is 25.4 Å². The van der Waals surface area contributed by atoms with Crippen LogP contribution < -0.4 is 11.5 Å². The van der Waals surface area contributed by atoms with Crippen LogP contribution in [-0.4, -0.2) is 15.4 Å². The zero-order valence-electron chi connectivity index (χ0n) is 14.1. The average Bonchev–Trinajstić information content (AvgIpc) is 2.59. The standard InChI is InChI=1S/C19H20N4O2/c1-19(2,21)18(20)17-14-9-8-13(12-6-4-3-5-7-12)10-15(14)22-11-16(17)23(24)25/h3-11,18H,20-21H2,1-2H3. The van der Waals surface area contributed by atoms with Crippen LogP contribution in [0.15, 0.2) is 54.7 Å². The van der Waals surface area contributed by atoms with Crippen molar-refractivity contribution in [3.8, 4) is 11.1 Å². The molecule has 0 bridgehead atoms. The molecule has 6 nitrogen and oxygen atoms in total. The monoisotopic (exact) mass is 336 g/mol. The van der Waals surface area contributed by atoms with E-state index in [1.54, 1.807) is 13.8 Å². The molecule has 6 heteroatoms. The van der Waals surface area contributed by atoms with E-state index in [-0.39, 0.29) is 5.69 Å². The van der Waals surface area contributed by atoms with Crippen molar-refractivity contribution in [1.82, 2.24) is 4.98 Å². The first-order valence-corrected chi connectivity index (χ1v) is 7.96. The number of aromatic nitrogens is 1. The van der Waals surface area contributed by atoms with Crippen LogP contribution in [0.25, 0.3) is 22.0 Å². The molecule has 0 radical (unpaired) electrons. The summed E-state index contributed by atoms with van der Waals surface area (Å²) in [7, 11) is 0. The fraction of sp³-hybridized carbons (Fsp3) is 0.211. The third-order valence-corrected chi connectivity index (χ3v) is 4.31. The zero-order chi connectivity index (χ0) is 18.2. The third-order valence-electron chi connectivity index (χ3n) is 4.31. The summed E-state index contributed by atoms with van der Waals surface area (Å²) in [5.74, 6) is 0. The summed E-state index contributed by atoms with van der Waals surface area (Å²) < 4.78 is 0. The summed E-state index contributed by atoms with van der Waals surface area (Å²) >= 11 is 0. The van der Waals surface area contributed by atoms with Gasteiger partial charge in [0.15, 0.2) is 0 Å². The Bertz CT molecular complexity index is 933. The number of rotatable bonds is 4. The van der Waals surface area contributed by atoms with Gasteiger partial charge in [0.25, 0.3) is 5.69 Å². The number of pyridine rings is 1. The fourth-order valence-corrected chi connectivity index (χ4v) is 2.86. The Labute approximate surface area is 145 Å². The molecule has 4 N–H and O–H groups in total. The van der Waals surface area contributed by atoms with Crippen LogP contribution >= 0.6 is 0 Å². The van der Waals surface area contributed by atoms with E-state index >= 15 is 0 Å². The van der Waals surface area contributed by atoms with E-state index in [0.29, 0.717) is 16.5 Å². The molecule has 1 unspecified atom stereocenters. The van der Waals surface area contributed by atoms with E-state index in [4.69, 9.17) is 11.5 Å². The molecular formula is C19H20N4O2. The summed E-state index contributed by atoms with van der Waals surface area (Å²) in [4.78, 5) is 15.3. The van der Waals surface area contributed by atoms with Gasteiger partial charge < -0.3 is 11.5 Å². The molecule has 1 heterocycles. The number of nitrogens with two attached hydrogens (primary N) is 2. The maximum absolute atomic E-state index is 11.5. The maximum atomic E-state index is 11.5. The van der Waals surface area contributed by atoms with Crippen molar-refractivity contribution >= 4 is 16.6 Å². The molecule has 0 saturated carbocycles. The molecule has 0 aliphatic carbocycles. The van der Waals surface area contributed by atoms with Crippen LogP contribution in [-0.2, 0) is 0 Å². The van der Waals surface area contributed by atoms with Gasteiger partial charge in [-0.2, -0.15) is 0 Å². The van der Waals surface area contributed by atoms with Gasteiger partial charge in [-0.25, -0.2) is 4.98 Å². The van der Waals surface area contributed by atoms with E-state index < -0.39 is 16.5 Å². The number of benzene rings is 2. The average molecular weight is 336 g/mol. The fourth-order valence-electron chi connectivity index (χ4n) is 2.86. The van der Waals surface area contributed by atoms with E-state index in [1.807, 2.05) is 48.5 Å². The van der Waals surface area contributed by atoms with Crippen LogP contribution in [0.4, 0.5) is 5.69 Å². The number of hydrogen-bond donors (Lipinski definition) is 2. The Morgan fingerprint density at radius 1 is 1.12 bits per heavy atom. The first kappa shape index (κ1) is 17.0. The number of nitrogens with zero attached hydrogens (tertiary/aromatic N) is 2. The van der Waals surface area contributed by atoms with E-state index in [1.165, 1.54) is 6.20 Å². The Morgan fingerprint density at radius 3 is 2.40 bits per heavy atom. The molecule has 1 atom stereocenters. The van der Waals surface area contributed by atoms with E-state index in [0.717, 1.165) is 11.1 Å².